The molecule has 3 aromatic heterocycles. The van der Waals surface area contributed by atoms with Crippen LogP contribution >= 0.6 is 0 Å². The maximum absolute atomic E-state index is 11.5. The summed E-state index contributed by atoms with van der Waals surface area (Å²) in [5.41, 5.74) is 18.8. The maximum atomic E-state index is 11.5. The molecule has 3 heterocycles. The average Bonchev–Trinajstić information content (AvgIpc) is 3.89. The van der Waals surface area contributed by atoms with Crippen LogP contribution in [-0.4, -0.2) is 24.2 Å². The second kappa shape index (κ2) is 18.7. The number of aromatic nitrogens is 4. The molecule has 0 aliphatic carbocycles. The summed E-state index contributed by atoms with van der Waals surface area (Å²) in [6, 6.07) is 56.4. The molecule has 10 aromatic rings. The van der Waals surface area contributed by atoms with Gasteiger partial charge in [0.05, 0.1) is 27.6 Å². The first-order valence-corrected chi connectivity index (χ1v) is 26.0. The number of hydrogen-bond donors (Lipinski definition) is 1. The Morgan fingerprint density at radius 2 is 0.905 bits per heavy atom. The molecule has 0 bridgehead atoms. The minimum atomic E-state index is -0.189. The van der Waals surface area contributed by atoms with Crippen molar-refractivity contribution < 1.29 is 26.2 Å². The van der Waals surface area contributed by atoms with Crippen molar-refractivity contribution in [3.05, 3.63) is 186 Å². The average molecular weight is 1160 g/mol. The number of para-hydroxylation sites is 3. The zero-order valence-corrected chi connectivity index (χ0v) is 48.3. The largest absolute Gasteiger partial charge is 0.507 e. The molecular formula is C68H71N4OPt-. The molecule has 0 amide bonds. The fraction of sp³-hybridized carbons (Fsp3) is 0.294. The summed E-state index contributed by atoms with van der Waals surface area (Å²) in [4.78, 5) is 10.6. The number of imidazole rings is 1. The molecule has 0 fully saturated rings. The van der Waals surface area contributed by atoms with Crippen LogP contribution in [0.1, 0.15) is 132 Å². The molecule has 0 unspecified atom stereocenters. The SMILES string of the molecule is CC(C)(C)c1cc(-c2cc(-c3cccc4c3c3ccccc3n4-c3cc(C(C)(C)C)cc(C(C)(C)C)c3)ccn2)[c-]c(-c2cccc3c2nc(-c2ccccc2O)n3-c2cc(C(C)(C)C)cc(C(C)(C)C)c2)c1.[Pt]. The molecular weight excluding hydrogens is 1080 g/mol. The van der Waals surface area contributed by atoms with Gasteiger partial charge in [-0.1, -0.05) is 188 Å². The van der Waals surface area contributed by atoms with E-state index in [1.54, 1.807) is 6.07 Å². The number of aromatic hydroxyl groups is 1. The molecule has 0 atom stereocenters. The molecule has 1 N–H and O–H groups in total. The second-order valence-corrected chi connectivity index (χ2v) is 25.4. The maximum Gasteiger partial charge on any atom is 0.148 e. The zero-order valence-electron chi connectivity index (χ0n) is 46.0. The number of benzene rings is 7. The quantitative estimate of drug-likeness (QED) is 0.169. The van der Waals surface area contributed by atoms with E-state index in [1.165, 1.54) is 55.3 Å². The van der Waals surface area contributed by atoms with E-state index in [0.29, 0.717) is 11.4 Å². The molecule has 0 aliphatic rings. The van der Waals surface area contributed by atoms with E-state index in [0.717, 1.165) is 50.2 Å². The second-order valence-electron chi connectivity index (χ2n) is 25.4. The third-order valence-corrected chi connectivity index (χ3v) is 14.7. The molecule has 0 radical (unpaired) electrons. The van der Waals surface area contributed by atoms with E-state index in [-0.39, 0.29) is 53.9 Å². The smallest absolute Gasteiger partial charge is 0.148 e. The van der Waals surface area contributed by atoms with Crippen molar-refractivity contribution in [3.8, 4) is 62.0 Å². The van der Waals surface area contributed by atoms with Gasteiger partial charge in [-0.3, -0.25) is 9.55 Å². The van der Waals surface area contributed by atoms with Crippen LogP contribution in [0.15, 0.2) is 152 Å². The van der Waals surface area contributed by atoms with Crippen molar-refractivity contribution in [3.63, 3.8) is 0 Å². The Labute approximate surface area is 454 Å². The number of nitrogens with zero attached hydrogens (tertiary/aromatic N) is 4. The fourth-order valence-corrected chi connectivity index (χ4v) is 10.2. The van der Waals surface area contributed by atoms with Crippen LogP contribution in [-0.2, 0) is 48.1 Å². The molecule has 0 saturated heterocycles. The molecule has 5 nitrogen and oxygen atoms in total. The Bertz CT molecular complexity index is 3710. The summed E-state index contributed by atoms with van der Waals surface area (Å²) in [6.45, 7) is 34.2. The molecule has 380 valence electrons. The van der Waals surface area contributed by atoms with Gasteiger partial charge in [-0.15, -0.1) is 29.3 Å². The van der Waals surface area contributed by atoms with Crippen LogP contribution < -0.4 is 0 Å². The van der Waals surface area contributed by atoms with E-state index < -0.39 is 0 Å². The summed E-state index contributed by atoms with van der Waals surface area (Å²) in [5.74, 6) is 0.864. The number of rotatable bonds is 6. The Morgan fingerprint density at radius 1 is 0.432 bits per heavy atom. The Kier molecular flexibility index (Phi) is 13.2. The van der Waals surface area contributed by atoms with Crippen LogP contribution in [0, 0.1) is 6.07 Å². The summed E-state index contributed by atoms with van der Waals surface area (Å²) in [5, 5.41) is 13.9. The number of phenols is 1. The first-order valence-electron chi connectivity index (χ1n) is 26.0. The van der Waals surface area contributed by atoms with Gasteiger partial charge in [0.2, 0.25) is 0 Å². The molecule has 0 spiro atoms. The molecule has 0 saturated carbocycles. The van der Waals surface area contributed by atoms with Crippen molar-refractivity contribution in [1.82, 2.24) is 19.1 Å². The summed E-state index contributed by atoms with van der Waals surface area (Å²) < 4.78 is 4.70. The van der Waals surface area contributed by atoms with E-state index in [2.05, 4.69) is 240 Å². The topological polar surface area (TPSA) is 55.9 Å². The molecule has 6 heteroatoms. The molecule has 10 rings (SSSR count). The van der Waals surface area contributed by atoms with Gasteiger partial charge in [-0.05, 0) is 121 Å². The minimum absolute atomic E-state index is 0. The van der Waals surface area contributed by atoms with Crippen LogP contribution in [0.4, 0.5) is 0 Å². The van der Waals surface area contributed by atoms with Gasteiger partial charge in [0.25, 0.3) is 0 Å². The van der Waals surface area contributed by atoms with Gasteiger partial charge >= 0.3 is 0 Å². The summed E-state index contributed by atoms with van der Waals surface area (Å²) >= 11 is 0. The molecule has 0 aliphatic heterocycles. The predicted octanol–water partition coefficient (Wildman–Crippen LogP) is 18.2. The van der Waals surface area contributed by atoms with Gasteiger partial charge in [0.15, 0.2) is 0 Å². The van der Waals surface area contributed by atoms with Crippen molar-refractivity contribution >= 4 is 32.8 Å². The number of hydrogen-bond acceptors (Lipinski definition) is 3. The standard InChI is InChI=1S/C68H71N4O.Pt/c1-64(2,3)45-33-43(53-25-21-28-59-62(53)70-63(55-23-17-19-29-60(55)73)72(59)51-40-48(67(10,11)12)37-49(41-51)68(13,14)15)32-44(34-45)56-35-42(30-31-69-56)52-24-20-27-58-61(52)54-22-16-18-26-57(54)71(58)50-38-46(65(4,5)6)36-47(39-50)66(7,8)9;/h16-31,33-41,73H,1-15H3;/q-1;. The number of phenolic OH excluding ortho intramolecular Hbond substituents is 1. The van der Waals surface area contributed by atoms with Gasteiger partial charge < -0.3 is 9.67 Å². The van der Waals surface area contributed by atoms with Gasteiger partial charge in [-0.2, -0.15) is 0 Å². The van der Waals surface area contributed by atoms with Gasteiger partial charge in [0.1, 0.15) is 11.6 Å². The first-order chi connectivity index (χ1) is 34.3. The Balaban J connectivity index is 0.00000672. The minimum Gasteiger partial charge on any atom is -0.507 e. The Morgan fingerprint density at radius 3 is 1.49 bits per heavy atom. The number of pyridine rings is 1. The van der Waals surface area contributed by atoms with E-state index in [4.69, 9.17) is 9.97 Å². The van der Waals surface area contributed by atoms with Crippen molar-refractivity contribution in [2.75, 3.05) is 0 Å². The van der Waals surface area contributed by atoms with Crippen LogP contribution in [0.3, 0.4) is 0 Å². The van der Waals surface area contributed by atoms with Crippen LogP contribution in [0.2, 0.25) is 0 Å². The van der Waals surface area contributed by atoms with E-state index in [1.807, 2.05) is 24.4 Å². The molecule has 7 aromatic carbocycles. The van der Waals surface area contributed by atoms with Crippen LogP contribution in [0.5, 0.6) is 5.75 Å². The number of fused-ring (bicyclic) bond motifs is 4. The fourth-order valence-electron chi connectivity index (χ4n) is 10.2. The van der Waals surface area contributed by atoms with Crippen molar-refractivity contribution in [2.45, 2.75) is 131 Å². The summed E-state index contributed by atoms with van der Waals surface area (Å²) in [7, 11) is 0. The zero-order chi connectivity index (χ0) is 52.2. The van der Waals surface area contributed by atoms with E-state index in [9.17, 15) is 5.11 Å². The van der Waals surface area contributed by atoms with Gasteiger partial charge in [0, 0.05) is 55.1 Å². The van der Waals surface area contributed by atoms with E-state index >= 15 is 0 Å². The van der Waals surface area contributed by atoms with Gasteiger partial charge in [-0.25, -0.2) is 4.98 Å². The molecule has 74 heavy (non-hydrogen) atoms. The summed E-state index contributed by atoms with van der Waals surface area (Å²) in [6.07, 6.45) is 1.95. The third-order valence-electron chi connectivity index (χ3n) is 14.7. The predicted molar refractivity (Wildman–Crippen MR) is 309 cm³/mol. The van der Waals surface area contributed by atoms with Crippen molar-refractivity contribution in [2.24, 2.45) is 0 Å². The van der Waals surface area contributed by atoms with Crippen LogP contribution in [0.25, 0.3) is 89.1 Å². The Hall–Kier alpha value is -6.55. The monoisotopic (exact) mass is 1150 g/mol. The van der Waals surface area contributed by atoms with Crippen molar-refractivity contribution in [1.29, 1.82) is 0 Å². The first kappa shape index (κ1) is 52.3. The normalized spacial score (nSPS) is 12.7. The third kappa shape index (κ3) is 9.70.